The third kappa shape index (κ3) is 1.96. The normalized spacial score (nSPS) is 31.2. The van der Waals surface area contributed by atoms with Gasteiger partial charge < -0.3 is 10.1 Å². The first kappa shape index (κ1) is 13.0. The molecule has 1 aliphatic heterocycles. The Hall–Kier alpha value is -1.05. The molecule has 1 saturated carbocycles. The summed E-state index contributed by atoms with van der Waals surface area (Å²) < 4.78 is 6.79. The summed E-state index contributed by atoms with van der Waals surface area (Å²) in [4.78, 5) is 0. The van der Waals surface area contributed by atoms with Crippen LogP contribution >= 0.6 is 15.9 Å². The number of anilines is 1. The second-order valence-electron chi connectivity index (χ2n) is 5.99. The van der Waals surface area contributed by atoms with Crippen molar-refractivity contribution in [1.82, 2.24) is 0 Å². The standard InChI is InChI=1S/C15H17BrN2O/c1-15(2)13(11-5-6-19-14(11)15)18-12-7-10(16)4-3-9(12)8-17/h3-4,7,11,13-14,18H,5-6H2,1-2H3. The van der Waals surface area contributed by atoms with E-state index in [4.69, 9.17) is 4.74 Å². The van der Waals surface area contributed by atoms with Crippen LogP contribution in [0.4, 0.5) is 5.69 Å². The number of benzene rings is 1. The van der Waals surface area contributed by atoms with E-state index in [-0.39, 0.29) is 5.41 Å². The molecule has 2 aliphatic rings. The van der Waals surface area contributed by atoms with E-state index in [1.165, 1.54) is 0 Å². The summed E-state index contributed by atoms with van der Waals surface area (Å²) in [6.45, 7) is 5.34. The molecule has 1 saturated heterocycles. The van der Waals surface area contributed by atoms with Gasteiger partial charge in [0.2, 0.25) is 0 Å². The molecule has 19 heavy (non-hydrogen) atoms. The highest BCUT2D eigenvalue weighted by Gasteiger charge is 2.59. The molecule has 0 amide bonds. The Labute approximate surface area is 122 Å². The van der Waals surface area contributed by atoms with Gasteiger partial charge in [-0.1, -0.05) is 29.8 Å². The highest BCUT2D eigenvalue weighted by molar-refractivity contribution is 9.10. The lowest BCUT2D eigenvalue weighted by atomic mass is 9.57. The van der Waals surface area contributed by atoms with Crippen LogP contribution in [0.25, 0.3) is 0 Å². The highest BCUT2D eigenvalue weighted by Crippen LogP contribution is 2.53. The van der Waals surface area contributed by atoms with Crippen LogP contribution < -0.4 is 5.32 Å². The first-order chi connectivity index (χ1) is 9.04. The molecule has 100 valence electrons. The van der Waals surface area contributed by atoms with Gasteiger partial charge >= 0.3 is 0 Å². The summed E-state index contributed by atoms with van der Waals surface area (Å²) >= 11 is 3.47. The van der Waals surface area contributed by atoms with Gasteiger partial charge in [-0.25, -0.2) is 0 Å². The smallest absolute Gasteiger partial charge is 0.101 e. The molecular formula is C15H17BrN2O. The predicted molar refractivity (Wildman–Crippen MR) is 77.9 cm³/mol. The molecule has 1 heterocycles. The fourth-order valence-corrected chi connectivity index (χ4v) is 3.88. The first-order valence-electron chi connectivity index (χ1n) is 6.62. The number of hydrogen-bond acceptors (Lipinski definition) is 3. The third-order valence-electron chi connectivity index (χ3n) is 4.51. The second kappa shape index (κ2) is 4.50. The summed E-state index contributed by atoms with van der Waals surface area (Å²) in [7, 11) is 0. The summed E-state index contributed by atoms with van der Waals surface area (Å²) in [5.74, 6) is 0.570. The van der Waals surface area contributed by atoms with Crippen molar-refractivity contribution in [3.8, 4) is 6.07 Å². The maximum Gasteiger partial charge on any atom is 0.101 e. The number of ether oxygens (including phenoxy) is 1. The highest BCUT2D eigenvalue weighted by atomic mass is 79.9. The van der Waals surface area contributed by atoms with Gasteiger partial charge in [0, 0.05) is 28.5 Å². The van der Waals surface area contributed by atoms with Gasteiger partial charge in [-0.15, -0.1) is 0 Å². The van der Waals surface area contributed by atoms with Crippen LogP contribution in [-0.2, 0) is 4.74 Å². The molecule has 2 fully saturated rings. The molecule has 1 N–H and O–H groups in total. The van der Waals surface area contributed by atoms with Gasteiger partial charge in [0.25, 0.3) is 0 Å². The van der Waals surface area contributed by atoms with E-state index in [2.05, 4.69) is 41.2 Å². The molecule has 3 atom stereocenters. The minimum absolute atomic E-state index is 0.121. The van der Waals surface area contributed by atoms with Crippen LogP contribution in [0.5, 0.6) is 0 Å². The van der Waals surface area contributed by atoms with Gasteiger partial charge in [0.05, 0.1) is 17.4 Å². The molecule has 0 spiro atoms. The molecule has 1 aromatic carbocycles. The molecule has 3 unspecified atom stereocenters. The second-order valence-corrected chi connectivity index (χ2v) is 6.90. The molecule has 3 rings (SSSR count). The van der Waals surface area contributed by atoms with Crippen molar-refractivity contribution in [3.63, 3.8) is 0 Å². The predicted octanol–water partition coefficient (Wildman–Crippen LogP) is 3.55. The zero-order chi connectivity index (χ0) is 13.6. The number of nitrogens with zero attached hydrogens (tertiary/aromatic N) is 1. The van der Waals surface area contributed by atoms with E-state index < -0.39 is 0 Å². The Kier molecular flexibility index (Phi) is 3.07. The van der Waals surface area contributed by atoms with Gasteiger partial charge in [0.15, 0.2) is 0 Å². The lowest BCUT2D eigenvalue weighted by Gasteiger charge is -2.55. The summed E-state index contributed by atoms with van der Waals surface area (Å²) in [6.07, 6.45) is 1.48. The Morgan fingerprint density at radius 2 is 2.26 bits per heavy atom. The van der Waals surface area contributed by atoms with Crippen LogP contribution in [0, 0.1) is 22.7 Å². The minimum atomic E-state index is 0.121. The zero-order valence-electron chi connectivity index (χ0n) is 11.1. The summed E-state index contributed by atoms with van der Waals surface area (Å²) in [6, 6.07) is 8.36. The van der Waals surface area contributed by atoms with E-state index in [0.717, 1.165) is 23.2 Å². The first-order valence-corrected chi connectivity index (χ1v) is 7.41. The van der Waals surface area contributed by atoms with Crippen molar-refractivity contribution >= 4 is 21.6 Å². The van der Waals surface area contributed by atoms with Gasteiger partial charge in [-0.3, -0.25) is 0 Å². The summed E-state index contributed by atoms with van der Waals surface area (Å²) in [5, 5.41) is 12.8. The molecule has 1 aromatic rings. The lowest BCUT2D eigenvalue weighted by Crippen LogP contribution is -2.63. The van der Waals surface area contributed by atoms with Crippen molar-refractivity contribution in [1.29, 1.82) is 5.26 Å². The number of nitrogens with one attached hydrogen (secondary N) is 1. The van der Waals surface area contributed by atoms with Crippen LogP contribution in [0.1, 0.15) is 25.8 Å². The van der Waals surface area contributed by atoms with Crippen molar-refractivity contribution in [2.45, 2.75) is 32.4 Å². The molecule has 0 radical (unpaired) electrons. The Bertz CT molecular complexity index is 550. The van der Waals surface area contributed by atoms with E-state index in [0.29, 0.717) is 23.6 Å². The fourth-order valence-electron chi connectivity index (χ4n) is 3.52. The van der Waals surface area contributed by atoms with Gasteiger partial charge in [0.1, 0.15) is 6.07 Å². The lowest BCUT2D eigenvalue weighted by molar-refractivity contribution is -0.0923. The van der Waals surface area contributed by atoms with Gasteiger partial charge in [-0.05, 0) is 24.6 Å². The number of hydrogen-bond donors (Lipinski definition) is 1. The Balaban J connectivity index is 1.86. The van der Waals surface area contributed by atoms with E-state index in [9.17, 15) is 5.26 Å². The van der Waals surface area contributed by atoms with E-state index in [1.807, 2.05) is 18.2 Å². The Morgan fingerprint density at radius 1 is 1.47 bits per heavy atom. The van der Waals surface area contributed by atoms with E-state index >= 15 is 0 Å². The van der Waals surface area contributed by atoms with Crippen LogP contribution in [-0.4, -0.2) is 18.8 Å². The van der Waals surface area contributed by atoms with Crippen LogP contribution in [0.15, 0.2) is 22.7 Å². The quantitative estimate of drug-likeness (QED) is 0.906. The topological polar surface area (TPSA) is 45.0 Å². The van der Waals surface area contributed by atoms with Crippen LogP contribution in [0.2, 0.25) is 0 Å². The van der Waals surface area contributed by atoms with Crippen molar-refractivity contribution in [2.75, 3.05) is 11.9 Å². The van der Waals surface area contributed by atoms with Crippen molar-refractivity contribution in [3.05, 3.63) is 28.2 Å². The van der Waals surface area contributed by atoms with Crippen molar-refractivity contribution in [2.24, 2.45) is 11.3 Å². The molecule has 1 aliphatic carbocycles. The molecular weight excluding hydrogens is 304 g/mol. The number of rotatable bonds is 2. The third-order valence-corrected chi connectivity index (χ3v) is 5.01. The van der Waals surface area contributed by atoms with Crippen LogP contribution in [0.3, 0.4) is 0 Å². The monoisotopic (exact) mass is 320 g/mol. The Morgan fingerprint density at radius 3 is 3.00 bits per heavy atom. The number of fused-ring (bicyclic) bond motifs is 1. The maximum atomic E-state index is 9.20. The average Bonchev–Trinajstić information content (AvgIpc) is 2.83. The summed E-state index contributed by atoms with van der Waals surface area (Å²) in [5.41, 5.74) is 1.73. The fraction of sp³-hybridized carbons (Fsp3) is 0.533. The average molecular weight is 321 g/mol. The minimum Gasteiger partial charge on any atom is -0.380 e. The zero-order valence-corrected chi connectivity index (χ0v) is 12.7. The molecule has 3 nitrogen and oxygen atoms in total. The van der Waals surface area contributed by atoms with Gasteiger partial charge in [-0.2, -0.15) is 5.26 Å². The SMILES string of the molecule is CC1(C)C(Nc2cc(Br)ccc2C#N)C2CCOC21. The van der Waals surface area contributed by atoms with E-state index in [1.54, 1.807) is 0 Å². The molecule has 0 bridgehead atoms. The largest absolute Gasteiger partial charge is 0.380 e. The maximum absolute atomic E-state index is 9.20. The van der Waals surface area contributed by atoms with Crippen molar-refractivity contribution < 1.29 is 4.74 Å². The molecule has 0 aromatic heterocycles. The molecule has 4 heteroatoms. The number of nitriles is 1. The number of halogens is 1.